The highest BCUT2D eigenvalue weighted by atomic mass is 16.1. The molecule has 0 unspecified atom stereocenters. The standard InChI is InChI=1S/C16H19N9O/c1-24-4-6-25(7-5-24)14-3-2-11(15(18)26)8-13(14)19-10-12(9-17)16-20-22-23-21-16/h2-3,8,10,19H,4-7H2,1H3,(H2,18,26)(H,20,21,22,23). The summed E-state index contributed by atoms with van der Waals surface area (Å²) in [6.07, 6.45) is 1.49. The number of aromatic amines is 1. The van der Waals surface area contributed by atoms with Gasteiger partial charge in [0.05, 0.1) is 11.4 Å². The number of nitrogens with one attached hydrogen (secondary N) is 2. The molecule has 0 atom stereocenters. The minimum absolute atomic E-state index is 0.187. The summed E-state index contributed by atoms with van der Waals surface area (Å²) in [5.41, 5.74) is 7.62. The van der Waals surface area contributed by atoms with E-state index in [1.807, 2.05) is 12.1 Å². The normalized spacial score (nSPS) is 15.5. The lowest BCUT2D eigenvalue weighted by Crippen LogP contribution is -2.44. The van der Waals surface area contributed by atoms with Gasteiger partial charge in [0, 0.05) is 37.9 Å². The van der Waals surface area contributed by atoms with Crippen molar-refractivity contribution in [2.75, 3.05) is 43.4 Å². The van der Waals surface area contributed by atoms with Crippen molar-refractivity contribution in [1.82, 2.24) is 25.5 Å². The van der Waals surface area contributed by atoms with Gasteiger partial charge in [-0.3, -0.25) is 4.79 Å². The van der Waals surface area contributed by atoms with E-state index in [2.05, 4.69) is 42.8 Å². The maximum absolute atomic E-state index is 11.5. The number of aromatic nitrogens is 4. The Labute approximate surface area is 150 Å². The highest BCUT2D eigenvalue weighted by Gasteiger charge is 2.18. The first-order valence-electron chi connectivity index (χ1n) is 8.06. The quantitative estimate of drug-likeness (QED) is 0.639. The summed E-state index contributed by atoms with van der Waals surface area (Å²) in [5, 5.41) is 25.7. The molecule has 4 N–H and O–H groups in total. The van der Waals surface area contributed by atoms with E-state index in [1.165, 1.54) is 6.20 Å². The third-order valence-corrected chi connectivity index (χ3v) is 4.20. The Balaban J connectivity index is 1.91. The number of H-pyrrole nitrogens is 1. The van der Waals surface area contributed by atoms with Gasteiger partial charge in [0.2, 0.25) is 11.7 Å². The van der Waals surface area contributed by atoms with Gasteiger partial charge in [0.1, 0.15) is 11.6 Å². The lowest BCUT2D eigenvalue weighted by Gasteiger charge is -2.35. The molecule has 2 heterocycles. The molecule has 26 heavy (non-hydrogen) atoms. The van der Waals surface area contributed by atoms with E-state index in [4.69, 9.17) is 5.73 Å². The van der Waals surface area contributed by atoms with Gasteiger partial charge in [-0.25, -0.2) is 0 Å². The molecule has 134 valence electrons. The molecule has 2 aromatic rings. The summed E-state index contributed by atoms with van der Waals surface area (Å²) < 4.78 is 0. The number of likely N-dealkylation sites (N-methyl/N-ethyl adjacent to an activating group) is 1. The van der Waals surface area contributed by atoms with E-state index in [0.29, 0.717) is 11.3 Å². The second-order valence-corrected chi connectivity index (χ2v) is 5.94. The number of amides is 1. The SMILES string of the molecule is CN1CCN(c2ccc(C(N)=O)cc2NC=C(C#N)c2nn[nH]n2)CC1. The van der Waals surface area contributed by atoms with Crippen LogP contribution in [0.3, 0.4) is 0 Å². The van der Waals surface area contributed by atoms with Gasteiger partial charge in [0.15, 0.2) is 0 Å². The van der Waals surface area contributed by atoms with E-state index in [9.17, 15) is 10.1 Å². The number of nitrogens with zero attached hydrogens (tertiary/aromatic N) is 6. The molecule has 1 aliphatic rings. The van der Waals surface area contributed by atoms with Crippen molar-refractivity contribution in [2.24, 2.45) is 5.73 Å². The first-order valence-corrected chi connectivity index (χ1v) is 8.06. The molecule has 0 saturated carbocycles. The number of nitrogens with two attached hydrogens (primary N) is 1. The Morgan fingerprint density at radius 1 is 1.38 bits per heavy atom. The molecule has 1 aromatic heterocycles. The second kappa shape index (κ2) is 7.62. The van der Waals surface area contributed by atoms with Crippen LogP contribution in [0.4, 0.5) is 11.4 Å². The van der Waals surface area contributed by atoms with Crippen LogP contribution in [0.5, 0.6) is 0 Å². The number of primary amides is 1. The van der Waals surface area contributed by atoms with Crippen LogP contribution in [0.25, 0.3) is 5.57 Å². The summed E-state index contributed by atoms with van der Waals surface area (Å²) in [6, 6.07) is 7.26. The number of tetrazole rings is 1. The summed E-state index contributed by atoms with van der Waals surface area (Å²) in [7, 11) is 2.08. The van der Waals surface area contributed by atoms with Crippen molar-refractivity contribution >= 4 is 22.9 Å². The predicted molar refractivity (Wildman–Crippen MR) is 96.1 cm³/mol. The van der Waals surface area contributed by atoms with Crippen molar-refractivity contribution in [1.29, 1.82) is 5.26 Å². The maximum atomic E-state index is 11.5. The molecule has 0 radical (unpaired) electrons. The maximum Gasteiger partial charge on any atom is 0.248 e. The van der Waals surface area contributed by atoms with Crippen molar-refractivity contribution in [2.45, 2.75) is 0 Å². The number of hydrogen-bond acceptors (Lipinski definition) is 8. The van der Waals surface area contributed by atoms with E-state index in [0.717, 1.165) is 31.9 Å². The Hall–Kier alpha value is -3.45. The van der Waals surface area contributed by atoms with E-state index in [1.54, 1.807) is 12.1 Å². The fourth-order valence-electron chi connectivity index (χ4n) is 2.70. The second-order valence-electron chi connectivity index (χ2n) is 5.94. The monoisotopic (exact) mass is 353 g/mol. The van der Waals surface area contributed by atoms with Crippen molar-refractivity contribution in [3.8, 4) is 6.07 Å². The predicted octanol–water partition coefficient (Wildman–Crippen LogP) is 0.0270. The Kier molecular flexibility index (Phi) is 5.09. The first-order chi connectivity index (χ1) is 12.6. The summed E-state index contributed by atoms with van der Waals surface area (Å²) in [5.74, 6) is -0.326. The number of carbonyl (C=O) groups is 1. The zero-order chi connectivity index (χ0) is 18.5. The minimum atomic E-state index is -0.513. The molecule has 0 spiro atoms. The Morgan fingerprint density at radius 2 is 2.15 bits per heavy atom. The zero-order valence-corrected chi connectivity index (χ0v) is 14.3. The lowest BCUT2D eigenvalue weighted by atomic mass is 10.1. The van der Waals surface area contributed by atoms with Gasteiger partial charge in [0.25, 0.3) is 0 Å². The first kappa shape index (κ1) is 17.4. The number of piperazine rings is 1. The molecule has 1 aliphatic heterocycles. The molecule has 1 aromatic carbocycles. The van der Waals surface area contributed by atoms with Gasteiger partial charge in [-0.1, -0.05) is 0 Å². The van der Waals surface area contributed by atoms with E-state index < -0.39 is 5.91 Å². The topological polar surface area (TPSA) is 140 Å². The highest BCUT2D eigenvalue weighted by Crippen LogP contribution is 2.28. The molecule has 0 bridgehead atoms. The highest BCUT2D eigenvalue weighted by molar-refractivity contribution is 5.95. The van der Waals surface area contributed by atoms with Crippen LogP contribution < -0.4 is 16.0 Å². The van der Waals surface area contributed by atoms with Crippen LogP contribution in [-0.4, -0.2) is 64.7 Å². The number of nitriles is 1. The third kappa shape index (κ3) is 3.79. The fraction of sp³-hybridized carbons (Fsp3) is 0.312. The molecular weight excluding hydrogens is 334 g/mol. The van der Waals surface area contributed by atoms with Crippen molar-refractivity contribution < 1.29 is 4.79 Å². The molecule has 1 saturated heterocycles. The lowest BCUT2D eigenvalue weighted by molar-refractivity contribution is 0.100. The molecule has 1 amide bonds. The van der Waals surface area contributed by atoms with Gasteiger partial charge >= 0.3 is 0 Å². The van der Waals surface area contributed by atoms with Crippen LogP contribution >= 0.6 is 0 Å². The van der Waals surface area contributed by atoms with Crippen LogP contribution in [0.2, 0.25) is 0 Å². The van der Waals surface area contributed by atoms with Crippen LogP contribution in [0, 0.1) is 11.3 Å². The third-order valence-electron chi connectivity index (χ3n) is 4.20. The molecule has 10 nitrogen and oxygen atoms in total. The largest absolute Gasteiger partial charge is 0.367 e. The van der Waals surface area contributed by atoms with Crippen LogP contribution in [0.15, 0.2) is 24.4 Å². The Morgan fingerprint density at radius 3 is 2.77 bits per heavy atom. The van der Waals surface area contributed by atoms with Crippen molar-refractivity contribution in [3.05, 3.63) is 35.8 Å². The zero-order valence-electron chi connectivity index (χ0n) is 14.3. The number of carbonyl (C=O) groups excluding carboxylic acids is 1. The average molecular weight is 353 g/mol. The number of anilines is 2. The number of rotatable bonds is 5. The molecular formula is C16H19N9O. The van der Waals surface area contributed by atoms with Gasteiger partial charge < -0.3 is 20.9 Å². The van der Waals surface area contributed by atoms with Gasteiger partial charge in [-0.15, -0.1) is 10.2 Å². The van der Waals surface area contributed by atoms with Crippen LogP contribution in [-0.2, 0) is 0 Å². The van der Waals surface area contributed by atoms with Crippen LogP contribution in [0.1, 0.15) is 16.2 Å². The van der Waals surface area contributed by atoms with Gasteiger partial charge in [-0.05, 0) is 30.5 Å². The number of benzene rings is 1. The van der Waals surface area contributed by atoms with Gasteiger partial charge in [-0.2, -0.15) is 10.5 Å². The van der Waals surface area contributed by atoms with E-state index in [-0.39, 0.29) is 11.4 Å². The number of allylic oxidation sites excluding steroid dienone is 1. The summed E-state index contributed by atoms with van der Waals surface area (Å²) in [6.45, 7) is 3.61. The molecule has 0 aliphatic carbocycles. The van der Waals surface area contributed by atoms with E-state index >= 15 is 0 Å². The minimum Gasteiger partial charge on any atom is -0.367 e. The average Bonchev–Trinajstić information content (AvgIpc) is 3.17. The number of hydrogen-bond donors (Lipinski definition) is 3. The summed E-state index contributed by atoms with van der Waals surface area (Å²) >= 11 is 0. The fourth-order valence-corrected chi connectivity index (χ4v) is 2.70. The smallest absolute Gasteiger partial charge is 0.248 e. The molecule has 10 heteroatoms. The molecule has 1 fully saturated rings. The molecule has 3 rings (SSSR count). The Bertz CT molecular complexity index is 845. The van der Waals surface area contributed by atoms with Crippen molar-refractivity contribution in [3.63, 3.8) is 0 Å². The summed E-state index contributed by atoms with van der Waals surface area (Å²) in [4.78, 5) is 16.0.